The van der Waals surface area contributed by atoms with E-state index in [0.29, 0.717) is 38.0 Å². The predicted octanol–water partition coefficient (Wildman–Crippen LogP) is 3.72. The van der Waals surface area contributed by atoms with Gasteiger partial charge in [-0.05, 0) is 51.0 Å². The lowest BCUT2D eigenvalue weighted by Crippen LogP contribution is -2.54. The van der Waals surface area contributed by atoms with E-state index in [1.54, 1.807) is 12.1 Å². The van der Waals surface area contributed by atoms with Gasteiger partial charge in [0.15, 0.2) is 0 Å². The number of piperidine rings is 1. The van der Waals surface area contributed by atoms with Crippen LogP contribution in [0.25, 0.3) is 0 Å². The maximum Gasteiger partial charge on any atom is 0.421 e. The Labute approximate surface area is 233 Å². The van der Waals surface area contributed by atoms with Crippen LogP contribution in [0.2, 0.25) is 0 Å². The highest BCUT2D eigenvalue weighted by Crippen LogP contribution is 2.38. The van der Waals surface area contributed by atoms with E-state index < -0.39 is 27.9 Å². The number of hydrogen-bond donors (Lipinski definition) is 2. The first-order valence-electron chi connectivity index (χ1n) is 13.7. The number of pyridine rings is 1. The van der Waals surface area contributed by atoms with Crippen LogP contribution in [-0.4, -0.2) is 81.3 Å². The van der Waals surface area contributed by atoms with Crippen LogP contribution in [0.5, 0.6) is 5.75 Å². The molecule has 220 valence electrons. The highest BCUT2D eigenvalue weighted by Gasteiger charge is 2.37. The lowest BCUT2D eigenvalue weighted by atomic mass is 10.1. The molecule has 1 aromatic carbocycles. The third-order valence-electron chi connectivity index (χ3n) is 7.56. The molecule has 4 heterocycles. The molecule has 2 N–H and O–H groups in total. The third kappa shape index (κ3) is 6.64. The lowest BCUT2D eigenvalue weighted by Gasteiger charge is -2.37. The average molecular weight is 584 g/mol. The van der Waals surface area contributed by atoms with Gasteiger partial charge in [-0.3, -0.25) is 0 Å². The minimum absolute atomic E-state index is 0.141. The van der Waals surface area contributed by atoms with Crippen molar-refractivity contribution in [3.05, 3.63) is 42.1 Å². The molecule has 0 bridgehead atoms. The highest BCUT2D eigenvalue weighted by atomic mass is 32.2. The first-order chi connectivity index (χ1) is 19.0. The van der Waals surface area contributed by atoms with Crippen LogP contribution in [0.1, 0.15) is 38.7 Å². The summed E-state index contributed by atoms with van der Waals surface area (Å²) in [6.45, 7) is 7.24. The van der Waals surface area contributed by atoms with Crippen molar-refractivity contribution in [3.8, 4) is 5.75 Å². The van der Waals surface area contributed by atoms with Crippen LogP contribution in [0.3, 0.4) is 0 Å². The fourth-order valence-corrected chi connectivity index (χ4v) is 7.05. The van der Waals surface area contributed by atoms with Crippen molar-refractivity contribution >= 4 is 21.5 Å². The molecule has 2 aromatic rings. The summed E-state index contributed by atoms with van der Waals surface area (Å²) >= 11 is 0. The van der Waals surface area contributed by atoms with Gasteiger partial charge in [-0.25, -0.2) is 13.4 Å². The Hall–Kier alpha value is -2.61. The normalized spacial score (nSPS) is 25.2. The maximum absolute atomic E-state index is 13.5. The molecular formula is C27H36F3N5O4S. The molecule has 3 aliphatic heterocycles. The predicted molar refractivity (Wildman–Crippen MR) is 145 cm³/mol. The van der Waals surface area contributed by atoms with Crippen LogP contribution in [0.15, 0.2) is 41.4 Å². The van der Waals surface area contributed by atoms with Crippen LogP contribution >= 0.6 is 0 Å². The van der Waals surface area contributed by atoms with Crippen molar-refractivity contribution in [1.29, 1.82) is 0 Å². The Bertz CT molecular complexity index is 1250. The van der Waals surface area contributed by atoms with Gasteiger partial charge in [0.1, 0.15) is 23.2 Å². The number of aromatic nitrogens is 1. The van der Waals surface area contributed by atoms with Crippen LogP contribution in [0, 0.1) is 0 Å². The summed E-state index contributed by atoms with van der Waals surface area (Å²) in [6.07, 6.45) is -2.76. The van der Waals surface area contributed by atoms with E-state index in [4.69, 9.17) is 9.47 Å². The summed E-state index contributed by atoms with van der Waals surface area (Å²) in [5.41, 5.74) is 0.0627. The zero-order chi connectivity index (χ0) is 28.5. The van der Waals surface area contributed by atoms with Gasteiger partial charge in [-0.15, -0.1) is 0 Å². The van der Waals surface area contributed by atoms with Gasteiger partial charge >= 0.3 is 6.18 Å². The molecule has 3 saturated heterocycles. The van der Waals surface area contributed by atoms with E-state index in [1.807, 2.05) is 12.1 Å². The van der Waals surface area contributed by atoms with Crippen molar-refractivity contribution in [2.45, 2.75) is 68.4 Å². The summed E-state index contributed by atoms with van der Waals surface area (Å²) in [7, 11) is -3.67. The summed E-state index contributed by atoms with van der Waals surface area (Å²) in [5, 5.41) is 6.66. The fraction of sp³-hybridized carbons (Fsp3) is 0.593. The summed E-state index contributed by atoms with van der Waals surface area (Å²) in [5.74, 6) is -0.0240. The lowest BCUT2D eigenvalue weighted by molar-refractivity contribution is -0.139. The Morgan fingerprint density at radius 1 is 1.07 bits per heavy atom. The second kappa shape index (κ2) is 11.7. The number of alkyl halides is 3. The molecule has 0 spiro atoms. The zero-order valence-corrected chi connectivity index (χ0v) is 23.5. The van der Waals surface area contributed by atoms with Gasteiger partial charge in [0.05, 0.1) is 18.1 Å². The SMILES string of the molecule is C[C@H]1CN(c2ccc(S(=O)(=O)N3CCC(Nc4cc(O[C@H]5CCOC5)c(C(F)(F)F)cn4)CC3)cc2)C[C@H](C)N1. The number of anilines is 2. The highest BCUT2D eigenvalue weighted by molar-refractivity contribution is 7.89. The van der Waals surface area contributed by atoms with Gasteiger partial charge in [0.25, 0.3) is 0 Å². The number of rotatable bonds is 7. The minimum atomic E-state index is -4.60. The van der Waals surface area contributed by atoms with E-state index in [2.05, 4.69) is 34.4 Å². The number of nitrogens with one attached hydrogen (secondary N) is 2. The molecule has 3 atom stereocenters. The van der Waals surface area contributed by atoms with Crippen LogP contribution < -0.4 is 20.3 Å². The van der Waals surface area contributed by atoms with Crippen molar-refractivity contribution in [2.75, 3.05) is 49.6 Å². The number of hydrogen-bond acceptors (Lipinski definition) is 8. The molecule has 3 fully saturated rings. The maximum atomic E-state index is 13.5. The summed E-state index contributed by atoms with van der Waals surface area (Å²) in [4.78, 5) is 6.47. The molecule has 0 unspecified atom stereocenters. The van der Waals surface area contributed by atoms with Gasteiger partial charge in [0.2, 0.25) is 10.0 Å². The molecule has 40 heavy (non-hydrogen) atoms. The summed E-state index contributed by atoms with van der Waals surface area (Å²) < 4.78 is 79.5. The Balaban J connectivity index is 1.20. The fourth-order valence-electron chi connectivity index (χ4n) is 5.58. The minimum Gasteiger partial charge on any atom is -0.487 e. The topological polar surface area (TPSA) is 96.0 Å². The van der Waals surface area contributed by atoms with Gasteiger partial charge < -0.3 is 25.0 Å². The number of sulfonamides is 1. The monoisotopic (exact) mass is 583 g/mol. The molecule has 0 radical (unpaired) electrons. The Morgan fingerprint density at radius 3 is 2.35 bits per heavy atom. The molecule has 0 amide bonds. The molecule has 13 heteroatoms. The summed E-state index contributed by atoms with van der Waals surface area (Å²) in [6, 6.07) is 8.87. The Morgan fingerprint density at radius 2 is 1.75 bits per heavy atom. The van der Waals surface area contributed by atoms with E-state index in [1.165, 1.54) is 10.4 Å². The average Bonchev–Trinajstić information content (AvgIpc) is 3.41. The van der Waals surface area contributed by atoms with Gasteiger partial charge in [0, 0.05) is 68.7 Å². The van der Waals surface area contributed by atoms with Crippen molar-refractivity contribution in [3.63, 3.8) is 0 Å². The standard InChI is InChI=1S/C27H36F3N5O4S/c1-18-15-34(16-19(2)32-18)21-3-5-23(6-4-21)40(36,37)35-10-7-20(8-11-35)33-26-13-25(39-22-9-12-38-17-22)24(14-31-26)27(28,29)30/h3-6,13-14,18-20,22,32H,7-12,15-17H2,1-2H3,(H,31,33)/t18-,19-,22-/m0/s1. The van der Waals surface area contributed by atoms with Gasteiger partial charge in [-0.1, -0.05) is 0 Å². The molecule has 5 rings (SSSR count). The van der Waals surface area contributed by atoms with E-state index in [-0.39, 0.29) is 42.2 Å². The first kappa shape index (κ1) is 28.9. The van der Waals surface area contributed by atoms with Crippen LogP contribution in [-0.2, 0) is 20.9 Å². The largest absolute Gasteiger partial charge is 0.487 e. The van der Waals surface area contributed by atoms with Gasteiger partial charge in [-0.2, -0.15) is 17.5 Å². The number of nitrogens with zero attached hydrogens (tertiary/aromatic N) is 3. The van der Waals surface area contributed by atoms with Crippen molar-refractivity contribution < 1.29 is 31.1 Å². The molecular weight excluding hydrogens is 547 g/mol. The molecule has 0 aliphatic carbocycles. The van der Waals surface area contributed by atoms with E-state index in [9.17, 15) is 21.6 Å². The second-order valence-corrected chi connectivity index (χ2v) is 12.8. The molecule has 3 aliphatic rings. The third-order valence-corrected chi connectivity index (χ3v) is 9.47. The first-order valence-corrected chi connectivity index (χ1v) is 15.1. The second-order valence-electron chi connectivity index (χ2n) is 10.9. The molecule has 9 nitrogen and oxygen atoms in total. The molecule has 1 aromatic heterocycles. The number of ether oxygens (including phenoxy) is 2. The number of piperazine rings is 1. The van der Waals surface area contributed by atoms with Crippen molar-refractivity contribution in [1.82, 2.24) is 14.6 Å². The van der Waals surface area contributed by atoms with Crippen LogP contribution in [0.4, 0.5) is 24.7 Å². The van der Waals surface area contributed by atoms with E-state index >= 15 is 0 Å². The quantitative estimate of drug-likeness (QED) is 0.510. The van der Waals surface area contributed by atoms with E-state index in [0.717, 1.165) is 25.0 Å². The number of halogens is 3. The number of benzene rings is 1. The Kier molecular flexibility index (Phi) is 8.46. The zero-order valence-electron chi connectivity index (χ0n) is 22.7. The smallest absolute Gasteiger partial charge is 0.421 e. The molecule has 0 saturated carbocycles. The van der Waals surface area contributed by atoms with Crippen molar-refractivity contribution in [2.24, 2.45) is 0 Å².